The molecule has 0 N–H and O–H groups in total. The maximum atomic E-state index is 11.8. The molecule has 11 heavy (non-hydrogen) atoms. The second-order valence-electron chi connectivity index (χ2n) is 3.41. The quantitative estimate of drug-likeness (QED) is 0.589. The first-order chi connectivity index (χ1) is 5.04. The van der Waals surface area contributed by atoms with Crippen molar-refractivity contribution in [1.29, 1.82) is 0 Å². The van der Waals surface area contributed by atoms with Crippen LogP contribution in [0, 0.1) is 0 Å². The lowest BCUT2D eigenvalue weighted by atomic mass is 10.1. The van der Waals surface area contributed by atoms with E-state index in [1.165, 1.54) is 0 Å². The summed E-state index contributed by atoms with van der Waals surface area (Å²) in [4.78, 5) is 2.08. The standard InChI is InChI=1S/C8H17ClFN/c1-8(2,7-9)11(3)6-4-5-10/h4-7H2,1-3H3. The monoisotopic (exact) mass is 181 g/mol. The van der Waals surface area contributed by atoms with Gasteiger partial charge >= 0.3 is 0 Å². The van der Waals surface area contributed by atoms with Crippen LogP contribution in [0.5, 0.6) is 0 Å². The van der Waals surface area contributed by atoms with Crippen molar-refractivity contribution >= 4 is 11.6 Å². The Kier molecular flexibility index (Phi) is 5.02. The van der Waals surface area contributed by atoms with E-state index in [1.807, 2.05) is 7.05 Å². The summed E-state index contributed by atoms with van der Waals surface area (Å²) in [6, 6.07) is 0. The van der Waals surface area contributed by atoms with E-state index < -0.39 is 0 Å². The zero-order chi connectivity index (χ0) is 8.91. The Balaban J connectivity index is 3.71. The third-order valence-corrected chi connectivity index (χ3v) is 2.64. The molecule has 0 heterocycles. The third-order valence-electron chi connectivity index (χ3n) is 1.99. The van der Waals surface area contributed by atoms with Gasteiger partial charge in [-0.15, -0.1) is 11.6 Å². The summed E-state index contributed by atoms with van der Waals surface area (Å²) in [6.45, 7) is 4.63. The molecule has 0 bridgehead atoms. The van der Waals surface area contributed by atoms with Crippen molar-refractivity contribution in [3.05, 3.63) is 0 Å². The fourth-order valence-electron chi connectivity index (χ4n) is 0.702. The average Bonchev–Trinajstić information content (AvgIpc) is 2.00. The van der Waals surface area contributed by atoms with Crippen LogP contribution in [0.25, 0.3) is 0 Å². The molecule has 0 aromatic rings. The number of alkyl halides is 2. The average molecular weight is 182 g/mol. The van der Waals surface area contributed by atoms with Gasteiger partial charge in [-0.05, 0) is 27.3 Å². The van der Waals surface area contributed by atoms with Crippen molar-refractivity contribution in [2.45, 2.75) is 25.8 Å². The van der Waals surface area contributed by atoms with Gasteiger partial charge in [-0.2, -0.15) is 0 Å². The van der Waals surface area contributed by atoms with Crippen LogP contribution in [-0.4, -0.2) is 36.6 Å². The first-order valence-corrected chi connectivity index (χ1v) is 4.41. The smallest absolute Gasteiger partial charge is 0.0906 e. The van der Waals surface area contributed by atoms with Gasteiger partial charge in [-0.3, -0.25) is 9.29 Å². The molecule has 0 saturated heterocycles. The molecule has 0 amide bonds. The van der Waals surface area contributed by atoms with E-state index in [9.17, 15) is 4.39 Å². The molecule has 0 atom stereocenters. The molecule has 0 rings (SSSR count). The van der Waals surface area contributed by atoms with Crippen LogP contribution in [0.1, 0.15) is 20.3 Å². The number of hydrogen-bond donors (Lipinski definition) is 0. The van der Waals surface area contributed by atoms with E-state index in [0.29, 0.717) is 12.3 Å². The van der Waals surface area contributed by atoms with Crippen LogP contribution in [-0.2, 0) is 0 Å². The van der Waals surface area contributed by atoms with E-state index in [2.05, 4.69) is 18.7 Å². The van der Waals surface area contributed by atoms with Crippen molar-refractivity contribution in [2.24, 2.45) is 0 Å². The molecule has 0 aromatic heterocycles. The molecule has 68 valence electrons. The van der Waals surface area contributed by atoms with Crippen LogP contribution in [0.4, 0.5) is 4.39 Å². The minimum atomic E-state index is -0.247. The Morgan fingerprint density at radius 3 is 2.36 bits per heavy atom. The van der Waals surface area contributed by atoms with Crippen molar-refractivity contribution in [3.8, 4) is 0 Å². The topological polar surface area (TPSA) is 3.24 Å². The van der Waals surface area contributed by atoms with Crippen LogP contribution in [0.15, 0.2) is 0 Å². The molecule has 1 nitrogen and oxygen atoms in total. The van der Waals surface area contributed by atoms with Crippen molar-refractivity contribution in [3.63, 3.8) is 0 Å². The second kappa shape index (κ2) is 4.94. The minimum Gasteiger partial charge on any atom is -0.300 e. The summed E-state index contributed by atoms with van der Waals surface area (Å²) in [5.74, 6) is 0.579. The predicted molar refractivity (Wildman–Crippen MR) is 48.0 cm³/mol. The molecule has 0 aromatic carbocycles. The second-order valence-corrected chi connectivity index (χ2v) is 3.68. The van der Waals surface area contributed by atoms with Crippen molar-refractivity contribution in [2.75, 3.05) is 26.1 Å². The Hall–Kier alpha value is 0.180. The lowest BCUT2D eigenvalue weighted by Gasteiger charge is -2.33. The Bertz CT molecular complexity index is 106. The van der Waals surface area contributed by atoms with Crippen LogP contribution >= 0.6 is 11.6 Å². The third kappa shape index (κ3) is 3.92. The number of hydrogen-bond acceptors (Lipinski definition) is 1. The minimum absolute atomic E-state index is 0.0171. The predicted octanol–water partition coefficient (Wildman–Crippen LogP) is 2.30. The number of nitrogens with zero attached hydrogens (tertiary/aromatic N) is 1. The Morgan fingerprint density at radius 1 is 1.45 bits per heavy atom. The zero-order valence-electron chi connectivity index (χ0n) is 7.53. The fraction of sp³-hybridized carbons (Fsp3) is 1.00. The van der Waals surface area contributed by atoms with Gasteiger partial charge in [0.1, 0.15) is 0 Å². The molecule has 0 fully saturated rings. The van der Waals surface area contributed by atoms with E-state index in [0.717, 1.165) is 6.54 Å². The van der Waals surface area contributed by atoms with E-state index >= 15 is 0 Å². The maximum absolute atomic E-state index is 11.8. The summed E-state index contributed by atoms with van der Waals surface area (Å²) in [5.41, 5.74) is -0.0171. The molecule has 0 spiro atoms. The van der Waals surface area contributed by atoms with Gasteiger partial charge in [0.2, 0.25) is 0 Å². The molecule has 0 unspecified atom stereocenters. The Morgan fingerprint density at radius 2 is 2.00 bits per heavy atom. The van der Waals surface area contributed by atoms with E-state index in [-0.39, 0.29) is 12.2 Å². The molecule has 0 saturated carbocycles. The van der Waals surface area contributed by atoms with Gasteiger partial charge in [-0.25, -0.2) is 0 Å². The lowest BCUT2D eigenvalue weighted by molar-refractivity contribution is 0.172. The lowest BCUT2D eigenvalue weighted by Crippen LogP contribution is -2.43. The largest absolute Gasteiger partial charge is 0.300 e. The molecule has 0 radical (unpaired) electrons. The number of halogens is 2. The van der Waals surface area contributed by atoms with Gasteiger partial charge < -0.3 is 0 Å². The van der Waals surface area contributed by atoms with Crippen molar-refractivity contribution in [1.82, 2.24) is 4.90 Å². The highest BCUT2D eigenvalue weighted by Crippen LogP contribution is 2.13. The van der Waals surface area contributed by atoms with Gasteiger partial charge in [0, 0.05) is 18.0 Å². The van der Waals surface area contributed by atoms with Crippen LogP contribution < -0.4 is 0 Å². The van der Waals surface area contributed by atoms with Crippen LogP contribution in [0.2, 0.25) is 0 Å². The van der Waals surface area contributed by atoms with E-state index in [1.54, 1.807) is 0 Å². The molecule has 0 aliphatic rings. The SMILES string of the molecule is CN(CCCF)C(C)(C)CCl. The molecule has 3 heteroatoms. The highest BCUT2D eigenvalue weighted by molar-refractivity contribution is 6.18. The summed E-state index contributed by atoms with van der Waals surface area (Å²) >= 11 is 5.73. The maximum Gasteiger partial charge on any atom is 0.0906 e. The summed E-state index contributed by atoms with van der Waals surface area (Å²) in [5, 5.41) is 0. The molecular weight excluding hydrogens is 165 g/mol. The van der Waals surface area contributed by atoms with Crippen LogP contribution in [0.3, 0.4) is 0 Å². The fourth-order valence-corrected chi connectivity index (χ4v) is 0.906. The normalized spacial score (nSPS) is 12.5. The van der Waals surface area contributed by atoms with Crippen molar-refractivity contribution < 1.29 is 4.39 Å². The molecular formula is C8H17ClFN. The molecule has 0 aliphatic heterocycles. The summed E-state index contributed by atoms with van der Waals surface area (Å²) < 4.78 is 11.8. The highest BCUT2D eigenvalue weighted by Gasteiger charge is 2.21. The van der Waals surface area contributed by atoms with Gasteiger partial charge in [-0.1, -0.05) is 0 Å². The van der Waals surface area contributed by atoms with Gasteiger partial charge in [0.15, 0.2) is 0 Å². The number of rotatable bonds is 5. The Labute approximate surface area is 73.5 Å². The molecule has 0 aliphatic carbocycles. The van der Waals surface area contributed by atoms with E-state index in [4.69, 9.17) is 11.6 Å². The first kappa shape index (κ1) is 11.2. The van der Waals surface area contributed by atoms with Gasteiger partial charge in [0.05, 0.1) is 6.67 Å². The summed E-state index contributed by atoms with van der Waals surface area (Å²) in [6.07, 6.45) is 0.594. The zero-order valence-corrected chi connectivity index (χ0v) is 8.29. The summed E-state index contributed by atoms with van der Waals surface area (Å²) in [7, 11) is 1.97. The van der Waals surface area contributed by atoms with Gasteiger partial charge in [0.25, 0.3) is 0 Å². The first-order valence-electron chi connectivity index (χ1n) is 3.88. The highest BCUT2D eigenvalue weighted by atomic mass is 35.5.